The molecule has 0 saturated heterocycles. The van der Waals surface area contributed by atoms with Gasteiger partial charge in [0.2, 0.25) is 0 Å². The summed E-state index contributed by atoms with van der Waals surface area (Å²) in [5.74, 6) is 0.904. The molecule has 24 bridgehead atoms. The van der Waals surface area contributed by atoms with Crippen LogP contribution in [-0.4, -0.2) is 71.8 Å². The molecule has 0 unspecified atom stereocenters. The van der Waals surface area contributed by atoms with Crippen LogP contribution in [-0.2, 0) is 59.5 Å². The molecule has 8 fully saturated rings. The van der Waals surface area contributed by atoms with Gasteiger partial charge in [0.15, 0.2) is 0 Å². The molecule has 25 rings (SSSR count). The quantitative estimate of drug-likeness (QED) is 0.0772. The molecule has 2 aliphatic heterocycles. The lowest BCUT2D eigenvalue weighted by atomic mass is 9.76. The minimum absolute atomic E-state index is 0.0854. The van der Waals surface area contributed by atoms with Gasteiger partial charge in [0.25, 0.3) is 40.5 Å². The van der Waals surface area contributed by atoms with E-state index in [-0.39, 0.29) is 122 Å². The van der Waals surface area contributed by atoms with Crippen molar-refractivity contribution in [2.75, 3.05) is 0 Å². The number of H-pyrrole nitrogens is 2. The van der Waals surface area contributed by atoms with Crippen LogP contribution in [0.5, 0.6) is 0 Å². The van der Waals surface area contributed by atoms with Crippen molar-refractivity contribution in [3.63, 3.8) is 0 Å². The second-order valence-electron chi connectivity index (χ2n) is 35.8. The molecule has 16 nitrogen and oxygen atoms in total. The van der Waals surface area contributed by atoms with Crippen molar-refractivity contribution in [3.05, 3.63) is 160 Å². The van der Waals surface area contributed by atoms with Crippen LogP contribution in [0.1, 0.15) is 337 Å². The zero-order chi connectivity index (χ0) is 69.7. The number of rotatable bonds is 8. The van der Waals surface area contributed by atoms with E-state index >= 15 is 0 Å². The van der Waals surface area contributed by atoms with Crippen molar-refractivity contribution in [3.8, 4) is 44.5 Å². The molecule has 18 aliphatic rings. The van der Waals surface area contributed by atoms with E-state index in [2.05, 4.69) is 58.5 Å². The van der Waals surface area contributed by atoms with Gasteiger partial charge < -0.3 is 9.97 Å². The number of benzene rings is 4. The van der Waals surface area contributed by atoms with E-state index < -0.39 is 59.5 Å². The maximum atomic E-state index is 14.8. The molecule has 6 N–H and O–H groups in total. The van der Waals surface area contributed by atoms with Gasteiger partial charge in [0.05, 0.1) is 22.8 Å². The maximum absolute atomic E-state index is 14.8. The van der Waals surface area contributed by atoms with E-state index in [0.717, 1.165) is 144 Å². The number of aromatic nitrogens is 4. The van der Waals surface area contributed by atoms with Crippen LogP contribution in [0.3, 0.4) is 0 Å². The summed E-state index contributed by atoms with van der Waals surface area (Å²) in [6.45, 7) is 0. The SMILES string of the molecule is O=S(=O)(O)[C@]12CC[C@H](C1)c1cc3c(c(-c4c5nc(c(-c6c7c(cc8c6[C@@]6(S(=O)(=O)O)CC[C@@H]8C6)[C@@H]6CC[C@H]7C6)c6ccc([nH]6)c(-c6c7c(cc8c6[C@@]6(S(=O)(=O)O)CC[C@@H]8C6)[C@@H]6CC[C@H]7C6)c6nc(c(-c7c8c(cc9c7[C@@]7(S(=O)(=O)O)CC[C@@H]9C7)[C@@H]7CC[C@H]8C7)c7ccc4[nH]7)C=C6)C=C5)c12)[C@H]1CC[C@@H]3C1. The Morgan fingerprint density at radius 3 is 0.731 bits per heavy atom. The van der Waals surface area contributed by atoms with Crippen molar-refractivity contribution in [2.45, 2.75) is 244 Å². The number of nitrogens with one attached hydrogen (secondary N) is 2. The van der Waals surface area contributed by atoms with Crippen molar-refractivity contribution in [1.82, 2.24) is 19.9 Å². The molecule has 0 spiro atoms. The first kappa shape index (κ1) is 61.2. The van der Waals surface area contributed by atoms with Crippen LogP contribution in [0.15, 0.2) is 48.5 Å². The highest BCUT2D eigenvalue weighted by atomic mass is 32.2. The van der Waals surface area contributed by atoms with Gasteiger partial charge in [-0.05, 0) is 385 Å². The second-order valence-corrected chi connectivity index (χ2v) is 42.8. The molecular formula is C84H78N4O12S4. The van der Waals surface area contributed by atoms with Crippen LogP contribution >= 0.6 is 0 Å². The van der Waals surface area contributed by atoms with Gasteiger partial charge in [-0.1, -0.05) is 24.3 Å². The van der Waals surface area contributed by atoms with Gasteiger partial charge in [0, 0.05) is 44.3 Å². The van der Waals surface area contributed by atoms with Crippen LogP contribution < -0.4 is 0 Å². The van der Waals surface area contributed by atoms with Gasteiger partial charge in [0.1, 0.15) is 19.0 Å². The summed E-state index contributed by atoms with van der Waals surface area (Å²) in [5, 5.41) is 0. The Kier molecular flexibility index (Phi) is 11.3. The molecule has 16 aliphatic carbocycles. The first-order chi connectivity index (χ1) is 49.9. The molecule has 530 valence electrons. The summed E-state index contributed by atoms with van der Waals surface area (Å²) in [4.78, 5) is 20.2. The molecule has 5 heterocycles. The second kappa shape index (κ2) is 19.1. The summed E-state index contributed by atoms with van der Waals surface area (Å²) in [6, 6.07) is 17.4. The van der Waals surface area contributed by atoms with E-state index in [1.807, 2.05) is 24.3 Å². The molecule has 3 aromatic heterocycles. The Bertz CT molecular complexity index is 5450. The normalized spacial score (nSPS) is 34.6. The van der Waals surface area contributed by atoms with E-state index in [9.17, 15) is 51.9 Å². The number of hydrogen-bond acceptors (Lipinski definition) is 10. The topological polar surface area (TPSA) is 275 Å². The molecule has 20 heteroatoms. The lowest BCUT2D eigenvalue weighted by molar-refractivity contribution is 0.428. The molecule has 7 aromatic rings. The fourth-order valence-corrected chi connectivity index (χ4v) is 33.2. The lowest BCUT2D eigenvalue weighted by Gasteiger charge is -2.33. The zero-order valence-electron chi connectivity index (χ0n) is 57.4. The van der Waals surface area contributed by atoms with Gasteiger partial charge in [-0.2, -0.15) is 33.7 Å². The van der Waals surface area contributed by atoms with Crippen molar-refractivity contribution >= 4 is 86.8 Å². The lowest BCUT2D eigenvalue weighted by Crippen LogP contribution is -2.32. The first-order valence-electron chi connectivity index (χ1n) is 38.8. The number of hydrogen-bond donors (Lipinski definition) is 6. The van der Waals surface area contributed by atoms with Crippen LogP contribution in [0.25, 0.3) is 90.9 Å². The Hall–Kier alpha value is -6.88. The van der Waals surface area contributed by atoms with Gasteiger partial charge in [-0.15, -0.1) is 0 Å². The van der Waals surface area contributed by atoms with Crippen molar-refractivity contribution in [1.29, 1.82) is 0 Å². The third-order valence-corrected chi connectivity index (χ3v) is 38.3. The van der Waals surface area contributed by atoms with E-state index in [4.69, 9.17) is 9.97 Å². The third kappa shape index (κ3) is 7.07. The average Bonchev–Trinajstić information content (AvgIpc) is 1.48. The number of fused-ring (bicyclic) bond motifs is 48. The average molecular weight is 1460 g/mol. The van der Waals surface area contributed by atoms with Crippen molar-refractivity contribution < 1.29 is 51.9 Å². The van der Waals surface area contributed by atoms with Gasteiger partial charge in [-0.3, -0.25) is 18.2 Å². The highest BCUT2D eigenvalue weighted by molar-refractivity contribution is 7.87. The molecule has 0 radical (unpaired) electrons. The summed E-state index contributed by atoms with van der Waals surface area (Å²) in [7, 11) is -19.0. The van der Waals surface area contributed by atoms with Crippen molar-refractivity contribution in [2.24, 2.45) is 0 Å². The predicted molar refractivity (Wildman–Crippen MR) is 397 cm³/mol. The van der Waals surface area contributed by atoms with E-state index in [0.29, 0.717) is 115 Å². The summed E-state index contributed by atoms with van der Waals surface area (Å²) in [5.41, 5.74) is 26.0. The van der Waals surface area contributed by atoms with Crippen LogP contribution in [0.4, 0.5) is 0 Å². The standard InChI is InChI=1S/C84H78N4O12S4/c89-101(90,91)81-21-17-45(33-81)53-29-49-37-1-5-41(25-37)65(49)73(77(53)81)69-57-9-11-59(85-57)70(74-66-42-6-2-38(26-42)50(66)30-54-46-18-22-82(34-46,78(54)74)102(92,93)94)61-13-15-63(87-61)72(76-68-44-8-4-40(28-44)52(68)32-56-48-20-24-84(36-48,80(56)76)104(98,99)100)64-16-14-62(88-64)71(60-12-10-58(69)86-60)75-67-43-7-3-39(27-43)51(67)31-55-47-19-23-83(35-47,79(55)75)103(95,96)97/h9-16,29-32,37-48,85,88H,1-8,17-28,33-36H2,(H,89,90,91)(H,92,93,94)(H,95,96,97)(H,98,99,100)/t37-,38-,39-,40-,41+,42+,43+,44+,45-,46-,47-,48-,81-,82-,83-,84-/m1/s1. The Morgan fingerprint density at radius 1 is 0.288 bits per heavy atom. The molecule has 104 heavy (non-hydrogen) atoms. The molecule has 16 atom stereocenters. The fraction of sp³-hybridized carbons (Fsp3) is 0.476. The van der Waals surface area contributed by atoms with Crippen LogP contribution in [0, 0.1) is 0 Å². The molecule has 4 aromatic carbocycles. The summed E-state index contributed by atoms with van der Waals surface area (Å²) >= 11 is 0. The van der Waals surface area contributed by atoms with E-state index in [1.54, 1.807) is 0 Å². The fourth-order valence-electron chi connectivity index (χ4n) is 28.2. The minimum atomic E-state index is -4.76. The molecule has 8 saturated carbocycles. The summed E-state index contributed by atoms with van der Waals surface area (Å²) in [6.07, 6.45) is 23.9. The monoisotopic (exact) mass is 1460 g/mol. The highest BCUT2D eigenvalue weighted by Gasteiger charge is 2.65. The third-order valence-electron chi connectivity index (χ3n) is 32.0. The minimum Gasteiger partial charge on any atom is -0.354 e. The largest absolute Gasteiger partial charge is 0.354 e. The highest BCUT2D eigenvalue weighted by Crippen LogP contribution is 2.73. The maximum Gasteiger partial charge on any atom is 0.274 e. The zero-order valence-corrected chi connectivity index (χ0v) is 60.7. The first-order valence-corrected chi connectivity index (χ1v) is 44.6. The molecular weight excluding hydrogens is 1390 g/mol. The smallest absolute Gasteiger partial charge is 0.274 e. The predicted octanol–water partition coefficient (Wildman–Crippen LogP) is 18.2. The number of nitrogens with zero attached hydrogens (tertiary/aromatic N) is 2. The van der Waals surface area contributed by atoms with Gasteiger partial charge >= 0.3 is 0 Å². The number of aromatic amines is 2. The van der Waals surface area contributed by atoms with Crippen LogP contribution in [0.2, 0.25) is 0 Å². The van der Waals surface area contributed by atoms with E-state index in [1.165, 1.54) is 22.3 Å². The summed E-state index contributed by atoms with van der Waals surface area (Å²) < 4.78 is 160. The Balaban J connectivity index is 0.897. The molecule has 0 amide bonds. The Labute approximate surface area is 603 Å². The van der Waals surface area contributed by atoms with Gasteiger partial charge in [-0.25, -0.2) is 9.97 Å². The Morgan fingerprint density at radius 2 is 0.510 bits per heavy atom.